The van der Waals surface area contributed by atoms with Crippen molar-refractivity contribution in [1.29, 1.82) is 0 Å². The molecule has 0 unspecified atom stereocenters. The molecule has 1 amide bonds. The summed E-state index contributed by atoms with van der Waals surface area (Å²) in [5, 5.41) is -0.448. The number of hydrogen-bond acceptors (Lipinski definition) is 5. The van der Waals surface area contributed by atoms with Crippen LogP contribution in [-0.2, 0) is 21.2 Å². The van der Waals surface area contributed by atoms with E-state index in [1.165, 1.54) is 0 Å². The van der Waals surface area contributed by atoms with Gasteiger partial charge in [-0.1, -0.05) is 18.1 Å². The van der Waals surface area contributed by atoms with Crippen LogP contribution in [0.5, 0.6) is 5.75 Å². The van der Waals surface area contributed by atoms with Crippen molar-refractivity contribution in [2.45, 2.75) is 30.6 Å². The number of nitrogens with one attached hydrogen (secondary N) is 1. The Hall–Kier alpha value is -2.04. The molecule has 1 aromatic rings. The monoisotopic (exact) mass is 322 g/mol. The van der Waals surface area contributed by atoms with Gasteiger partial charge < -0.3 is 10.5 Å². The first-order valence-corrected chi connectivity index (χ1v) is 8.43. The van der Waals surface area contributed by atoms with Crippen LogP contribution in [0.1, 0.15) is 18.4 Å². The van der Waals surface area contributed by atoms with Crippen LogP contribution in [-0.4, -0.2) is 32.2 Å². The van der Waals surface area contributed by atoms with Crippen LogP contribution in [0.3, 0.4) is 0 Å². The van der Waals surface area contributed by atoms with E-state index in [9.17, 15) is 13.2 Å². The molecule has 6 nitrogen and oxygen atoms in total. The second-order valence-corrected chi connectivity index (χ2v) is 7.12. The second kappa shape index (κ2) is 6.81. The van der Waals surface area contributed by atoms with Crippen molar-refractivity contribution in [3.63, 3.8) is 0 Å². The number of amides is 1. The number of sulfonamides is 1. The Bertz CT molecular complexity index is 672. The molecule has 118 valence electrons. The van der Waals surface area contributed by atoms with Crippen molar-refractivity contribution in [1.82, 2.24) is 4.72 Å². The Morgan fingerprint density at radius 1 is 1.41 bits per heavy atom. The number of nitrogens with two attached hydrogens (primary N) is 1. The van der Waals surface area contributed by atoms with Crippen molar-refractivity contribution < 1.29 is 17.9 Å². The topological polar surface area (TPSA) is 98.5 Å². The number of benzene rings is 1. The SMILES string of the molecule is C#CCOc1ccc(C[C@H](N)C(=O)NS(=O)(=O)C2CC2)cc1. The van der Waals surface area contributed by atoms with Crippen LogP contribution in [0, 0.1) is 12.3 Å². The molecule has 0 saturated heterocycles. The Kier molecular flexibility index (Phi) is 5.06. The van der Waals surface area contributed by atoms with Gasteiger partial charge in [0.1, 0.15) is 12.4 Å². The smallest absolute Gasteiger partial charge is 0.250 e. The van der Waals surface area contributed by atoms with Gasteiger partial charge >= 0.3 is 0 Å². The average Bonchev–Trinajstić information content (AvgIpc) is 3.31. The van der Waals surface area contributed by atoms with E-state index in [0.29, 0.717) is 18.6 Å². The number of ether oxygens (including phenoxy) is 1. The Morgan fingerprint density at radius 3 is 2.59 bits per heavy atom. The molecule has 2 rings (SSSR count). The lowest BCUT2D eigenvalue weighted by Crippen LogP contribution is -2.45. The van der Waals surface area contributed by atoms with E-state index in [-0.39, 0.29) is 13.0 Å². The first-order chi connectivity index (χ1) is 10.4. The zero-order valence-corrected chi connectivity index (χ0v) is 12.8. The van der Waals surface area contributed by atoms with E-state index in [2.05, 4.69) is 5.92 Å². The van der Waals surface area contributed by atoms with Crippen LogP contribution in [0.4, 0.5) is 0 Å². The first-order valence-electron chi connectivity index (χ1n) is 6.88. The molecule has 0 spiro atoms. The predicted octanol–water partition coefficient (Wildman–Crippen LogP) is 0.177. The molecular weight excluding hydrogens is 304 g/mol. The van der Waals surface area contributed by atoms with Gasteiger partial charge in [0.15, 0.2) is 0 Å². The van der Waals surface area contributed by atoms with Crippen molar-refractivity contribution >= 4 is 15.9 Å². The van der Waals surface area contributed by atoms with E-state index < -0.39 is 27.2 Å². The van der Waals surface area contributed by atoms with E-state index in [1.807, 2.05) is 4.72 Å². The highest BCUT2D eigenvalue weighted by Crippen LogP contribution is 2.27. The zero-order chi connectivity index (χ0) is 16.2. The Labute approximate surface area is 130 Å². The lowest BCUT2D eigenvalue weighted by atomic mass is 10.1. The highest BCUT2D eigenvalue weighted by Gasteiger charge is 2.37. The third-order valence-corrected chi connectivity index (χ3v) is 5.08. The van der Waals surface area contributed by atoms with E-state index in [1.54, 1.807) is 24.3 Å². The summed E-state index contributed by atoms with van der Waals surface area (Å²) in [5.41, 5.74) is 6.57. The highest BCUT2D eigenvalue weighted by molar-refractivity contribution is 7.90. The van der Waals surface area contributed by atoms with Crippen LogP contribution in [0.2, 0.25) is 0 Å². The molecule has 1 saturated carbocycles. The molecule has 1 aliphatic rings. The van der Waals surface area contributed by atoms with Gasteiger partial charge in [0.2, 0.25) is 10.0 Å². The summed E-state index contributed by atoms with van der Waals surface area (Å²) in [6.07, 6.45) is 6.52. The van der Waals surface area contributed by atoms with E-state index in [0.717, 1.165) is 5.56 Å². The lowest BCUT2D eigenvalue weighted by Gasteiger charge is -2.12. The third-order valence-electron chi connectivity index (χ3n) is 3.24. The molecule has 1 aromatic carbocycles. The molecule has 3 N–H and O–H groups in total. The number of terminal acetylenes is 1. The molecule has 0 aromatic heterocycles. The van der Waals surface area contributed by atoms with Crippen LogP contribution in [0.15, 0.2) is 24.3 Å². The summed E-state index contributed by atoms with van der Waals surface area (Å²) >= 11 is 0. The summed E-state index contributed by atoms with van der Waals surface area (Å²) in [6.45, 7) is 0.181. The molecule has 22 heavy (non-hydrogen) atoms. The van der Waals surface area contributed by atoms with Crippen LogP contribution >= 0.6 is 0 Å². The molecule has 0 aliphatic heterocycles. The van der Waals surface area contributed by atoms with Gasteiger partial charge in [-0.3, -0.25) is 9.52 Å². The summed E-state index contributed by atoms with van der Waals surface area (Å²) in [4.78, 5) is 11.8. The van der Waals surface area contributed by atoms with Crippen molar-refractivity contribution in [3.05, 3.63) is 29.8 Å². The fourth-order valence-corrected chi connectivity index (χ4v) is 3.23. The van der Waals surface area contributed by atoms with Gasteiger partial charge in [-0.2, -0.15) is 0 Å². The van der Waals surface area contributed by atoms with Crippen molar-refractivity contribution in [2.75, 3.05) is 6.61 Å². The minimum Gasteiger partial charge on any atom is -0.481 e. The van der Waals surface area contributed by atoms with Gasteiger partial charge in [0.25, 0.3) is 5.91 Å². The lowest BCUT2D eigenvalue weighted by molar-refractivity contribution is -0.120. The number of carbonyl (C=O) groups is 1. The molecule has 1 aliphatic carbocycles. The molecular formula is C15H18N2O4S. The van der Waals surface area contributed by atoms with Crippen LogP contribution < -0.4 is 15.2 Å². The summed E-state index contributed by atoms with van der Waals surface area (Å²) in [5.74, 6) is 2.30. The van der Waals surface area contributed by atoms with Gasteiger partial charge in [-0.05, 0) is 37.0 Å². The maximum absolute atomic E-state index is 11.8. The van der Waals surface area contributed by atoms with Crippen molar-refractivity contribution in [2.24, 2.45) is 5.73 Å². The number of hydrogen-bond donors (Lipinski definition) is 2. The predicted molar refractivity (Wildman–Crippen MR) is 82.5 cm³/mol. The number of carbonyl (C=O) groups excluding carboxylic acids is 1. The standard InChI is InChI=1S/C15H18N2O4S/c1-2-9-21-12-5-3-11(4-6-12)10-14(16)15(18)17-22(19,20)13-7-8-13/h1,3-6,13-14H,7-10,16H2,(H,17,18)/t14-/m0/s1. The van der Waals surface area contributed by atoms with Crippen LogP contribution in [0.25, 0.3) is 0 Å². The molecule has 1 fully saturated rings. The quantitative estimate of drug-likeness (QED) is 0.698. The zero-order valence-electron chi connectivity index (χ0n) is 12.0. The largest absolute Gasteiger partial charge is 0.481 e. The van der Waals surface area contributed by atoms with Gasteiger partial charge in [-0.25, -0.2) is 8.42 Å². The minimum atomic E-state index is -3.56. The fourth-order valence-electron chi connectivity index (χ4n) is 1.87. The van der Waals surface area contributed by atoms with E-state index >= 15 is 0 Å². The Morgan fingerprint density at radius 2 is 2.05 bits per heavy atom. The fraction of sp³-hybridized carbons (Fsp3) is 0.400. The molecule has 0 radical (unpaired) electrons. The number of rotatable bonds is 7. The molecule has 0 heterocycles. The Balaban J connectivity index is 1.89. The maximum Gasteiger partial charge on any atom is 0.250 e. The van der Waals surface area contributed by atoms with Gasteiger partial charge in [0.05, 0.1) is 11.3 Å². The van der Waals surface area contributed by atoms with Gasteiger partial charge in [-0.15, -0.1) is 6.42 Å². The van der Waals surface area contributed by atoms with E-state index in [4.69, 9.17) is 16.9 Å². The summed E-state index contributed by atoms with van der Waals surface area (Å²) in [6, 6.07) is 6.03. The average molecular weight is 322 g/mol. The molecule has 1 atom stereocenters. The first kappa shape index (κ1) is 16.3. The van der Waals surface area contributed by atoms with Crippen molar-refractivity contribution in [3.8, 4) is 18.1 Å². The maximum atomic E-state index is 11.8. The highest BCUT2D eigenvalue weighted by atomic mass is 32.2. The normalized spacial score (nSPS) is 15.6. The molecule has 7 heteroatoms. The molecule has 0 bridgehead atoms. The minimum absolute atomic E-state index is 0.181. The summed E-state index contributed by atoms with van der Waals surface area (Å²) in [7, 11) is -3.56. The third kappa shape index (κ3) is 4.48. The second-order valence-electron chi connectivity index (χ2n) is 5.16. The summed E-state index contributed by atoms with van der Waals surface area (Å²) < 4.78 is 30.6. The van der Waals surface area contributed by atoms with Gasteiger partial charge in [0, 0.05) is 0 Å².